The van der Waals surface area contributed by atoms with Crippen LogP contribution in [-0.4, -0.2) is 21.0 Å². The van der Waals surface area contributed by atoms with Crippen molar-refractivity contribution in [3.8, 4) is 0 Å². The molecule has 0 saturated carbocycles. The summed E-state index contributed by atoms with van der Waals surface area (Å²) in [6.45, 7) is 2.16. The lowest BCUT2D eigenvalue weighted by Gasteiger charge is -2.19. The molecule has 23 heavy (non-hydrogen) atoms. The third-order valence-corrected chi connectivity index (χ3v) is 5.03. The van der Waals surface area contributed by atoms with Crippen LogP contribution < -0.4 is 5.56 Å². The molecule has 6 heteroatoms. The molecule has 1 aliphatic rings. The van der Waals surface area contributed by atoms with Crippen LogP contribution in [0.1, 0.15) is 40.5 Å². The number of carbonyl (C=O) groups is 1. The summed E-state index contributed by atoms with van der Waals surface area (Å²) >= 11 is 1.46. The molecule has 3 rings (SSSR count). The van der Waals surface area contributed by atoms with Crippen LogP contribution in [0.15, 0.2) is 34.2 Å². The molecule has 0 fully saturated rings. The molecule has 0 aliphatic heterocycles. The number of carboxylic acids is 1. The van der Waals surface area contributed by atoms with Gasteiger partial charge in [0, 0.05) is 11.3 Å². The highest BCUT2D eigenvalue weighted by Gasteiger charge is 2.20. The largest absolute Gasteiger partial charge is 0.478 e. The lowest BCUT2D eigenvalue weighted by Crippen LogP contribution is -2.24. The van der Waals surface area contributed by atoms with Crippen molar-refractivity contribution in [1.82, 2.24) is 9.97 Å². The van der Waals surface area contributed by atoms with E-state index in [0.717, 1.165) is 36.1 Å². The zero-order valence-electron chi connectivity index (χ0n) is 12.8. The van der Waals surface area contributed by atoms with Crippen LogP contribution in [0.3, 0.4) is 0 Å². The maximum atomic E-state index is 12.2. The van der Waals surface area contributed by atoms with Gasteiger partial charge in [0.15, 0.2) is 5.16 Å². The molecule has 0 amide bonds. The van der Waals surface area contributed by atoms with Crippen LogP contribution in [-0.2, 0) is 18.6 Å². The Hall–Kier alpha value is -2.08. The lowest BCUT2D eigenvalue weighted by molar-refractivity contribution is 0.0697. The van der Waals surface area contributed by atoms with Gasteiger partial charge < -0.3 is 10.1 Å². The van der Waals surface area contributed by atoms with Crippen molar-refractivity contribution in [3.05, 3.63) is 57.0 Å². The van der Waals surface area contributed by atoms with Gasteiger partial charge in [-0.3, -0.25) is 4.79 Å². The second-order valence-electron chi connectivity index (χ2n) is 5.94. The fourth-order valence-corrected chi connectivity index (χ4v) is 3.57. The summed E-state index contributed by atoms with van der Waals surface area (Å²) in [4.78, 5) is 30.5. The van der Waals surface area contributed by atoms with Gasteiger partial charge in [0.2, 0.25) is 0 Å². The van der Waals surface area contributed by atoms with Crippen LogP contribution in [0.2, 0.25) is 0 Å². The molecule has 1 aromatic carbocycles. The average molecular weight is 330 g/mol. The number of nitrogens with one attached hydrogen (secondary N) is 1. The number of aromatic nitrogens is 2. The second kappa shape index (κ2) is 6.58. The summed E-state index contributed by atoms with van der Waals surface area (Å²) in [6, 6.07) is 6.74. The van der Waals surface area contributed by atoms with E-state index < -0.39 is 5.97 Å². The minimum atomic E-state index is -0.931. The van der Waals surface area contributed by atoms with Gasteiger partial charge >= 0.3 is 5.97 Å². The summed E-state index contributed by atoms with van der Waals surface area (Å²) in [6.07, 6.45) is 2.74. The Balaban J connectivity index is 1.72. The van der Waals surface area contributed by atoms with Crippen molar-refractivity contribution in [2.24, 2.45) is 5.92 Å². The van der Waals surface area contributed by atoms with E-state index in [1.165, 1.54) is 11.8 Å². The first-order valence-corrected chi connectivity index (χ1v) is 8.58. The molecule has 1 heterocycles. The third-order valence-electron chi connectivity index (χ3n) is 4.08. The fraction of sp³-hybridized carbons (Fsp3) is 0.353. The van der Waals surface area contributed by atoms with E-state index in [0.29, 0.717) is 16.8 Å². The van der Waals surface area contributed by atoms with Crippen molar-refractivity contribution in [2.45, 2.75) is 37.1 Å². The quantitative estimate of drug-likeness (QED) is 0.665. The first-order chi connectivity index (χ1) is 11.0. The summed E-state index contributed by atoms with van der Waals surface area (Å²) in [5, 5.41) is 9.52. The SMILES string of the molecule is CC1CCc2nc(SCc3ccc(C(=O)O)cc3)[nH]c(=O)c2C1. The molecule has 1 aromatic heterocycles. The highest BCUT2D eigenvalue weighted by Crippen LogP contribution is 2.24. The molecule has 2 aromatic rings. The Bertz CT molecular complexity index is 783. The Kier molecular flexibility index (Phi) is 4.52. The van der Waals surface area contributed by atoms with Crippen LogP contribution in [0.25, 0.3) is 0 Å². The molecule has 1 unspecified atom stereocenters. The Morgan fingerprint density at radius 1 is 1.39 bits per heavy atom. The van der Waals surface area contributed by atoms with Gasteiger partial charge in [-0.05, 0) is 42.9 Å². The standard InChI is InChI=1S/C17H18N2O3S/c1-10-2-7-14-13(8-10)15(20)19-17(18-14)23-9-11-3-5-12(6-4-11)16(21)22/h3-6,10H,2,7-9H2,1H3,(H,21,22)(H,18,19,20). The maximum absolute atomic E-state index is 12.2. The second-order valence-corrected chi connectivity index (χ2v) is 6.90. The van der Waals surface area contributed by atoms with Gasteiger partial charge in [-0.2, -0.15) is 0 Å². The number of rotatable bonds is 4. The molecule has 1 atom stereocenters. The van der Waals surface area contributed by atoms with Crippen LogP contribution in [0.4, 0.5) is 0 Å². The minimum absolute atomic E-state index is 0.0229. The number of aryl methyl sites for hydroxylation is 1. The third kappa shape index (κ3) is 3.64. The molecular weight excluding hydrogens is 312 g/mol. The van der Waals surface area contributed by atoms with Crippen LogP contribution >= 0.6 is 11.8 Å². The molecule has 2 N–H and O–H groups in total. The van der Waals surface area contributed by atoms with E-state index in [2.05, 4.69) is 16.9 Å². The van der Waals surface area contributed by atoms with Gasteiger partial charge in [0.1, 0.15) is 0 Å². The molecule has 0 saturated heterocycles. The summed E-state index contributed by atoms with van der Waals surface area (Å²) in [7, 11) is 0. The normalized spacial score (nSPS) is 16.8. The number of aromatic amines is 1. The van der Waals surface area contributed by atoms with Crippen LogP contribution in [0.5, 0.6) is 0 Å². The Labute approximate surface area is 138 Å². The van der Waals surface area contributed by atoms with Crippen molar-refractivity contribution in [1.29, 1.82) is 0 Å². The zero-order valence-corrected chi connectivity index (χ0v) is 13.7. The Morgan fingerprint density at radius 2 is 2.13 bits per heavy atom. The fourth-order valence-electron chi connectivity index (χ4n) is 2.74. The predicted molar refractivity (Wildman–Crippen MR) is 89.0 cm³/mol. The number of nitrogens with zero attached hydrogens (tertiary/aromatic N) is 1. The molecule has 1 aliphatic carbocycles. The smallest absolute Gasteiger partial charge is 0.335 e. The number of fused-ring (bicyclic) bond motifs is 1. The van der Waals surface area contributed by atoms with Crippen molar-refractivity contribution >= 4 is 17.7 Å². The molecule has 0 spiro atoms. The Morgan fingerprint density at radius 3 is 2.83 bits per heavy atom. The van der Waals surface area contributed by atoms with Crippen LogP contribution in [0, 0.1) is 5.92 Å². The minimum Gasteiger partial charge on any atom is -0.478 e. The number of benzene rings is 1. The lowest BCUT2D eigenvalue weighted by atomic mass is 9.89. The monoisotopic (exact) mass is 330 g/mol. The summed E-state index contributed by atoms with van der Waals surface area (Å²) in [5.41, 5.74) is 3.00. The molecule has 120 valence electrons. The van der Waals surface area contributed by atoms with Gasteiger partial charge in [0.05, 0.1) is 11.3 Å². The summed E-state index contributed by atoms with van der Waals surface area (Å²) in [5.74, 6) is 0.244. The number of carboxylic acid groups (broad SMARTS) is 1. The van der Waals surface area contributed by atoms with Gasteiger partial charge in [-0.1, -0.05) is 30.8 Å². The highest BCUT2D eigenvalue weighted by molar-refractivity contribution is 7.98. The van der Waals surface area contributed by atoms with E-state index in [-0.39, 0.29) is 11.1 Å². The topological polar surface area (TPSA) is 83.0 Å². The summed E-state index contributed by atoms with van der Waals surface area (Å²) < 4.78 is 0. The molecule has 5 nitrogen and oxygen atoms in total. The van der Waals surface area contributed by atoms with E-state index >= 15 is 0 Å². The molecular formula is C17H18N2O3S. The van der Waals surface area contributed by atoms with Crippen molar-refractivity contribution < 1.29 is 9.90 Å². The maximum Gasteiger partial charge on any atom is 0.335 e. The number of thioether (sulfide) groups is 1. The number of H-pyrrole nitrogens is 1. The van der Waals surface area contributed by atoms with Crippen molar-refractivity contribution in [3.63, 3.8) is 0 Å². The highest BCUT2D eigenvalue weighted by atomic mass is 32.2. The van der Waals surface area contributed by atoms with Gasteiger partial charge in [-0.25, -0.2) is 9.78 Å². The van der Waals surface area contributed by atoms with Crippen molar-refractivity contribution in [2.75, 3.05) is 0 Å². The zero-order chi connectivity index (χ0) is 16.4. The molecule has 0 radical (unpaired) electrons. The number of aromatic carboxylic acids is 1. The number of hydrogen-bond donors (Lipinski definition) is 2. The van der Waals surface area contributed by atoms with E-state index in [1.807, 2.05) is 0 Å². The van der Waals surface area contributed by atoms with E-state index in [9.17, 15) is 9.59 Å². The van der Waals surface area contributed by atoms with Gasteiger partial charge in [0.25, 0.3) is 5.56 Å². The van der Waals surface area contributed by atoms with E-state index in [4.69, 9.17) is 5.11 Å². The predicted octanol–water partition coefficient (Wildman–Crippen LogP) is 2.89. The molecule has 0 bridgehead atoms. The average Bonchev–Trinajstić information content (AvgIpc) is 2.54. The van der Waals surface area contributed by atoms with E-state index in [1.54, 1.807) is 24.3 Å². The van der Waals surface area contributed by atoms with Gasteiger partial charge in [-0.15, -0.1) is 0 Å². The first-order valence-electron chi connectivity index (χ1n) is 7.60. The first kappa shape index (κ1) is 15.8. The number of hydrogen-bond acceptors (Lipinski definition) is 4.